The van der Waals surface area contributed by atoms with Crippen molar-refractivity contribution in [1.82, 2.24) is 20.1 Å². The van der Waals surface area contributed by atoms with Crippen molar-refractivity contribution in [3.63, 3.8) is 0 Å². The molecular weight excluding hydrogens is 466 g/mol. The average molecular weight is 494 g/mol. The van der Waals surface area contributed by atoms with Crippen molar-refractivity contribution in [1.29, 1.82) is 0 Å². The smallest absolute Gasteiger partial charge is 0.337 e. The van der Waals surface area contributed by atoms with E-state index >= 15 is 0 Å². The molecule has 0 aliphatic heterocycles. The molecule has 2 N–H and O–H groups in total. The topological polar surface area (TPSA) is 115 Å². The number of nitrogens with zero attached hydrogens (tertiary/aromatic N) is 3. The van der Waals surface area contributed by atoms with Gasteiger partial charge in [-0.25, -0.2) is 4.79 Å². The Morgan fingerprint density at radius 2 is 1.89 bits per heavy atom. The van der Waals surface area contributed by atoms with E-state index in [1.54, 1.807) is 36.4 Å². The normalized spacial score (nSPS) is 11.4. The number of aromatic nitrogens is 3. The Morgan fingerprint density at radius 1 is 1.14 bits per heavy atom. The number of aryl methyl sites for hydroxylation is 1. The number of allylic oxidation sites excluding steroid dienone is 1. The number of anilines is 1. The summed E-state index contributed by atoms with van der Waals surface area (Å²) in [5, 5.41) is 14.7. The molecule has 2 amide bonds. The fourth-order valence-corrected chi connectivity index (χ4v) is 4.08. The number of amides is 2. The van der Waals surface area contributed by atoms with Crippen molar-refractivity contribution in [3.05, 3.63) is 83.7 Å². The Balaban J connectivity index is 1.66. The van der Waals surface area contributed by atoms with Gasteiger partial charge in [0.05, 0.1) is 24.5 Å². The molecular formula is C25H27N5O4S. The molecule has 0 saturated carbocycles. The molecule has 1 atom stereocenters. The summed E-state index contributed by atoms with van der Waals surface area (Å²) in [6, 6.07) is 13.4. The molecule has 0 aliphatic carbocycles. The van der Waals surface area contributed by atoms with Gasteiger partial charge in [-0.3, -0.25) is 9.59 Å². The van der Waals surface area contributed by atoms with Crippen LogP contribution in [-0.4, -0.2) is 45.4 Å². The number of nitrogens with one attached hydrogen (secondary N) is 2. The number of benzene rings is 2. The van der Waals surface area contributed by atoms with Crippen molar-refractivity contribution in [2.45, 2.75) is 31.6 Å². The van der Waals surface area contributed by atoms with Gasteiger partial charge in [0.2, 0.25) is 5.91 Å². The maximum absolute atomic E-state index is 12.7. The minimum atomic E-state index is -0.482. The van der Waals surface area contributed by atoms with E-state index in [9.17, 15) is 14.4 Å². The second-order valence-electron chi connectivity index (χ2n) is 7.71. The number of rotatable bonds is 10. The van der Waals surface area contributed by atoms with E-state index in [0.717, 1.165) is 5.56 Å². The third-order valence-corrected chi connectivity index (χ3v) is 5.94. The molecule has 0 saturated heterocycles. The lowest BCUT2D eigenvalue weighted by atomic mass is 10.1. The number of hydrogen-bond acceptors (Lipinski definition) is 7. The summed E-state index contributed by atoms with van der Waals surface area (Å²) in [5.74, 6) is -0.338. The SMILES string of the molecule is C=CCn1c(SCC(=O)Nc2cccc(C(=O)OC)c2)nnc1[C@H](C)NC(=O)c1cccc(C)c1. The highest BCUT2D eigenvalue weighted by Gasteiger charge is 2.20. The predicted molar refractivity (Wildman–Crippen MR) is 134 cm³/mol. The summed E-state index contributed by atoms with van der Waals surface area (Å²) in [6.45, 7) is 7.95. The molecule has 2 aromatic carbocycles. The molecule has 9 nitrogen and oxygen atoms in total. The first-order valence-electron chi connectivity index (χ1n) is 10.8. The van der Waals surface area contributed by atoms with Crippen LogP contribution in [0.5, 0.6) is 0 Å². The number of ether oxygens (including phenoxy) is 1. The number of methoxy groups -OCH3 is 1. The fraction of sp³-hybridized carbons (Fsp3) is 0.240. The third kappa shape index (κ3) is 6.80. The van der Waals surface area contributed by atoms with Gasteiger partial charge in [-0.15, -0.1) is 16.8 Å². The highest BCUT2D eigenvalue weighted by atomic mass is 32.2. The molecule has 10 heteroatoms. The number of hydrogen-bond donors (Lipinski definition) is 2. The van der Waals surface area contributed by atoms with Gasteiger partial charge >= 0.3 is 5.97 Å². The Morgan fingerprint density at radius 3 is 2.60 bits per heavy atom. The molecule has 3 aromatic rings. The number of esters is 1. The van der Waals surface area contributed by atoms with Gasteiger partial charge in [-0.2, -0.15) is 0 Å². The molecule has 3 rings (SSSR count). The van der Waals surface area contributed by atoms with Crippen LogP contribution in [0.25, 0.3) is 0 Å². The van der Waals surface area contributed by atoms with Gasteiger partial charge < -0.3 is 19.9 Å². The summed E-state index contributed by atoms with van der Waals surface area (Å²) < 4.78 is 6.52. The summed E-state index contributed by atoms with van der Waals surface area (Å²) in [4.78, 5) is 36.8. The summed E-state index contributed by atoms with van der Waals surface area (Å²) in [6.07, 6.45) is 1.70. The van der Waals surface area contributed by atoms with Crippen molar-refractivity contribution >= 4 is 35.2 Å². The zero-order chi connectivity index (χ0) is 25.4. The van der Waals surface area contributed by atoms with Crippen LogP contribution in [0.2, 0.25) is 0 Å². The van der Waals surface area contributed by atoms with Crippen LogP contribution in [0.3, 0.4) is 0 Å². The van der Waals surface area contributed by atoms with Gasteiger partial charge in [0.25, 0.3) is 5.91 Å². The average Bonchev–Trinajstić information content (AvgIpc) is 3.25. The summed E-state index contributed by atoms with van der Waals surface area (Å²) in [7, 11) is 1.30. The molecule has 0 spiro atoms. The zero-order valence-electron chi connectivity index (χ0n) is 19.8. The molecule has 1 heterocycles. The summed E-state index contributed by atoms with van der Waals surface area (Å²) >= 11 is 1.21. The van der Waals surface area contributed by atoms with Gasteiger partial charge in [-0.05, 0) is 44.2 Å². The lowest BCUT2D eigenvalue weighted by molar-refractivity contribution is -0.113. The first-order chi connectivity index (χ1) is 16.8. The fourth-order valence-electron chi connectivity index (χ4n) is 3.33. The monoisotopic (exact) mass is 493 g/mol. The lowest BCUT2D eigenvalue weighted by Crippen LogP contribution is -2.29. The molecule has 182 valence electrons. The second kappa shape index (κ2) is 12.0. The van der Waals surface area contributed by atoms with Crippen LogP contribution < -0.4 is 10.6 Å². The first-order valence-corrected chi connectivity index (χ1v) is 11.8. The molecule has 35 heavy (non-hydrogen) atoms. The van der Waals surface area contributed by atoms with Crippen molar-refractivity contribution in [2.75, 3.05) is 18.2 Å². The lowest BCUT2D eigenvalue weighted by Gasteiger charge is -2.15. The van der Waals surface area contributed by atoms with Gasteiger partial charge in [0.1, 0.15) is 0 Å². The van der Waals surface area contributed by atoms with Crippen molar-refractivity contribution < 1.29 is 19.1 Å². The standard InChI is InChI=1S/C25H27N5O4S/c1-5-12-30-22(17(3)26-23(32)18-9-6-8-16(2)13-18)28-29-25(30)35-15-21(31)27-20-11-7-10-19(14-20)24(33)34-4/h5-11,13-14,17H,1,12,15H2,2-4H3,(H,26,32)(H,27,31)/t17-/m0/s1. The van der Waals surface area contributed by atoms with Gasteiger partial charge in [0, 0.05) is 17.8 Å². The molecule has 1 aromatic heterocycles. The van der Waals surface area contributed by atoms with E-state index in [4.69, 9.17) is 4.74 Å². The Kier molecular flexibility index (Phi) is 8.80. The van der Waals surface area contributed by atoms with Crippen LogP contribution in [0, 0.1) is 6.92 Å². The van der Waals surface area contributed by atoms with E-state index < -0.39 is 12.0 Å². The Labute approximate surface area is 208 Å². The largest absolute Gasteiger partial charge is 0.465 e. The highest BCUT2D eigenvalue weighted by Crippen LogP contribution is 2.22. The predicted octanol–water partition coefficient (Wildman–Crippen LogP) is 3.78. The quantitative estimate of drug-likeness (QED) is 0.251. The second-order valence-corrected chi connectivity index (χ2v) is 8.66. The number of carbonyl (C=O) groups is 3. The zero-order valence-corrected chi connectivity index (χ0v) is 20.6. The van der Waals surface area contributed by atoms with E-state index in [2.05, 4.69) is 27.4 Å². The number of thioether (sulfide) groups is 1. The highest BCUT2D eigenvalue weighted by molar-refractivity contribution is 7.99. The Bertz CT molecular complexity index is 1240. The van der Waals surface area contributed by atoms with Gasteiger partial charge in [0.15, 0.2) is 11.0 Å². The molecule has 0 fully saturated rings. The molecule has 0 bridgehead atoms. The van der Waals surface area contributed by atoms with Crippen molar-refractivity contribution in [2.24, 2.45) is 0 Å². The van der Waals surface area contributed by atoms with E-state index in [0.29, 0.717) is 34.3 Å². The van der Waals surface area contributed by atoms with Crippen LogP contribution >= 0.6 is 11.8 Å². The third-order valence-electron chi connectivity index (χ3n) is 4.97. The van der Waals surface area contributed by atoms with Crippen LogP contribution in [0.4, 0.5) is 5.69 Å². The Hall–Kier alpha value is -3.92. The van der Waals surface area contributed by atoms with Gasteiger partial charge in [-0.1, -0.05) is 41.6 Å². The van der Waals surface area contributed by atoms with Crippen LogP contribution in [0.1, 0.15) is 45.1 Å². The summed E-state index contributed by atoms with van der Waals surface area (Å²) in [5.41, 5.74) is 2.39. The first kappa shape index (κ1) is 25.7. The minimum Gasteiger partial charge on any atom is -0.465 e. The van der Waals surface area contributed by atoms with E-state index in [-0.39, 0.29) is 17.6 Å². The molecule has 0 radical (unpaired) electrons. The van der Waals surface area contributed by atoms with E-state index in [1.807, 2.05) is 36.6 Å². The minimum absolute atomic E-state index is 0.0712. The maximum atomic E-state index is 12.7. The van der Waals surface area contributed by atoms with Crippen LogP contribution in [0.15, 0.2) is 66.3 Å². The van der Waals surface area contributed by atoms with E-state index in [1.165, 1.54) is 18.9 Å². The van der Waals surface area contributed by atoms with Crippen LogP contribution in [-0.2, 0) is 16.1 Å². The van der Waals surface area contributed by atoms with Crippen molar-refractivity contribution in [3.8, 4) is 0 Å². The molecule has 0 aliphatic rings. The maximum Gasteiger partial charge on any atom is 0.337 e. The molecule has 0 unspecified atom stereocenters. The number of carbonyl (C=O) groups excluding carboxylic acids is 3.